The average Bonchev–Trinajstić information content (AvgIpc) is 3.12. The Morgan fingerprint density at radius 3 is 2.86 bits per heavy atom. The minimum atomic E-state index is -0.416. The second kappa shape index (κ2) is 7.16. The van der Waals surface area contributed by atoms with Gasteiger partial charge in [0.15, 0.2) is 11.5 Å². The first kappa shape index (κ1) is 17.7. The van der Waals surface area contributed by atoms with Crippen molar-refractivity contribution in [3.63, 3.8) is 0 Å². The summed E-state index contributed by atoms with van der Waals surface area (Å²) >= 11 is 6.12. The van der Waals surface area contributed by atoms with E-state index in [1.54, 1.807) is 23.0 Å². The van der Waals surface area contributed by atoms with Gasteiger partial charge in [-0.3, -0.25) is 15.6 Å². The molecule has 0 saturated heterocycles. The van der Waals surface area contributed by atoms with Gasteiger partial charge in [0.25, 0.3) is 5.91 Å². The maximum Gasteiger partial charge on any atom is 0.269 e. The largest absolute Gasteiger partial charge is 0.508 e. The Morgan fingerprint density at radius 1 is 1.18 bits per heavy atom. The molecular formula is C19H15ClN6O2. The van der Waals surface area contributed by atoms with Gasteiger partial charge in [0.2, 0.25) is 0 Å². The Bertz CT molecular complexity index is 1190. The first-order valence-corrected chi connectivity index (χ1v) is 8.71. The van der Waals surface area contributed by atoms with Gasteiger partial charge in [0, 0.05) is 10.6 Å². The number of nitrogens with one attached hydrogen (secondary N) is 2. The van der Waals surface area contributed by atoms with Gasteiger partial charge in [-0.05, 0) is 42.8 Å². The van der Waals surface area contributed by atoms with Crippen molar-refractivity contribution in [2.45, 2.75) is 6.92 Å². The minimum Gasteiger partial charge on any atom is -0.508 e. The van der Waals surface area contributed by atoms with Gasteiger partial charge in [-0.2, -0.15) is 5.10 Å². The third-order valence-corrected chi connectivity index (χ3v) is 4.40. The lowest BCUT2D eigenvalue weighted by Gasteiger charge is -2.10. The summed E-state index contributed by atoms with van der Waals surface area (Å²) in [6.45, 7) is 1.95. The number of phenols is 1. The fraction of sp³-hybridized carbons (Fsp3) is 0.0526. The third kappa shape index (κ3) is 3.33. The summed E-state index contributed by atoms with van der Waals surface area (Å²) in [4.78, 5) is 20.7. The molecule has 28 heavy (non-hydrogen) atoms. The van der Waals surface area contributed by atoms with Crippen LogP contribution in [0.1, 0.15) is 15.9 Å². The van der Waals surface area contributed by atoms with Crippen LogP contribution in [0.2, 0.25) is 5.02 Å². The Balaban J connectivity index is 1.64. The van der Waals surface area contributed by atoms with Gasteiger partial charge >= 0.3 is 0 Å². The number of hydrogen-bond acceptors (Lipinski definition) is 6. The molecule has 0 aliphatic carbocycles. The number of carbonyl (C=O) groups excluding carboxylic acids is 1. The van der Waals surface area contributed by atoms with Crippen LogP contribution in [0.3, 0.4) is 0 Å². The molecule has 0 fully saturated rings. The Morgan fingerprint density at radius 2 is 2.04 bits per heavy atom. The van der Waals surface area contributed by atoms with Gasteiger partial charge in [0.05, 0.1) is 17.3 Å². The second-order valence-electron chi connectivity index (χ2n) is 6.08. The number of aromatic nitrogens is 4. The highest BCUT2D eigenvalue weighted by atomic mass is 35.5. The summed E-state index contributed by atoms with van der Waals surface area (Å²) in [7, 11) is 0. The standard InChI is InChI=1S/C19H15ClN6O2/c1-11-5-6-13(20)8-16(11)26-18-15(9-23-26)17(21-10-22-18)24-25-19(28)12-3-2-4-14(27)7-12/h2-10,27H,1H3,(H,25,28)(H,21,22,24). The van der Waals surface area contributed by atoms with Crippen molar-refractivity contribution in [2.75, 3.05) is 5.43 Å². The van der Waals surface area contributed by atoms with E-state index in [-0.39, 0.29) is 5.75 Å². The monoisotopic (exact) mass is 394 g/mol. The van der Waals surface area contributed by atoms with Crippen molar-refractivity contribution in [2.24, 2.45) is 0 Å². The number of hydrazine groups is 1. The highest BCUT2D eigenvalue weighted by Gasteiger charge is 2.14. The summed E-state index contributed by atoms with van der Waals surface area (Å²) in [6.07, 6.45) is 2.99. The van der Waals surface area contributed by atoms with Gasteiger partial charge in [-0.25, -0.2) is 14.6 Å². The molecule has 2 heterocycles. The van der Waals surface area contributed by atoms with Crippen molar-refractivity contribution >= 4 is 34.4 Å². The minimum absolute atomic E-state index is 0.00949. The summed E-state index contributed by atoms with van der Waals surface area (Å²) in [5.41, 5.74) is 8.00. The van der Waals surface area contributed by atoms with Crippen LogP contribution >= 0.6 is 11.6 Å². The number of anilines is 1. The van der Waals surface area contributed by atoms with E-state index in [1.165, 1.54) is 18.5 Å². The quantitative estimate of drug-likeness (QED) is 0.459. The maximum atomic E-state index is 12.3. The molecule has 0 radical (unpaired) electrons. The lowest BCUT2D eigenvalue weighted by Crippen LogP contribution is -2.29. The predicted octanol–water partition coefficient (Wildman–Crippen LogP) is 3.24. The average molecular weight is 395 g/mol. The van der Waals surface area contributed by atoms with Crippen molar-refractivity contribution in [1.82, 2.24) is 25.2 Å². The van der Waals surface area contributed by atoms with Crippen LogP contribution in [0.25, 0.3) is 16.7 Å². The molecule has 0 aliphatic heterocycles. The van der Waals surface area contributed by atoms with Crippen molar-refractivity contribution < 1.29 is 9.90 Å². The van der Waals surface area contributed by atoms with E-state index >= 15 is 0 Å². The highest BCUT2D eigenvalue weighted by Crippen LogP contribution is 2.25. The topological polar surface area (TPSA) is 105 Å². The molecule has 140 valence electrons. The Labute approximate surface area is 164 Å². The van der Waals surface area contributed by atoms with Gasteiger partial charge < -0.3 is 5.11 Å². The number of fused-ring (bicyclic) bond motifs is 1. The fourth-order valence-corrected chi connectivity index (χ4v) is 2.93. The molecule has 0 unspecified atom stereocenters. The number of hydrogen-bond donors (Lipinski definition) is 3. The summed E-state index contributed by atoms with van der Waals surface area (Å²) < 4.78 is 1.67. The fourth-order valence-electron chi connectivity index (χ4n) is 2.77. The summed E-state index contributed by atoms with van der Waals surface area (Å²) in [5.74, 6) is -0.0135. The molecule has 4 rings (SSSR count). The third-order valence-electron chi connectivity index (χ3n) is 4.17. The molecule has 0 saturated carbocycles. The summed E-state index contributed by atoms with van der Waals surface area (Å²) in [5, 5.41) is 15.1. The highest BCUT2D eigenvalue weighted by molar-refractivity contribution is 6.30. The van der Waals surface area contributed by atoms with E-state index in [1.807, 2.05) is 25.1 Å². The maximum absolute atomic E-state index is 12.3. The Hall–Kier alpha value is -3.65. The van der Waals surface area contributed by atoms with Crippen LogP contribution in [-0.4, -0.2) is 30.8 Å². The molecule has 9 heteroatoms. The lowest BCUT2D eigenvalue weighted by atomic mass is 10.2. The number of halogens is 1. The molecule has 4 aromatic rings. The van der Waals surface area contributed by atoms with Gasteiger partial charge in [-0.15, -0.1) is 0 Å². The molecule has 2 aromatic heterocycles. The first-order chi connectivity index (χ1) is 13.5. The van der Waals surface area contributed by atoms with Crippen LogP contribution in [0, 0.1) is 6.92 Å². The van der Waals surface area contributed by atoms with Crippen LogP contribution < -0.4 is 10.9 Å². The number of amides is 1. The van der Waals surface area contributed by atoms with E-state index in [9.17, 15) is 9.90 Å². The molecule has 0 aliphatic rings. The zero-order valence-corrected chi connectivity index (χ0v) is 15.5. The molecule has 2 aromatic carbocycles. The smallest absolute Gasteiger partial charge is 0.269 e. The Kier molecular flexibility index (Phi) is 4.54. The summed E-state index contributed by atoms with van der Waals surface area (Å²) in [6, 6.07) is 11.6. The van der Waals surface area contributed by atoms with Crippen LogP contribution in [0.4, 0.5) is 5.82 Å². The molecule has 0 spiro atoms. The van der Waals surface area contributed by atoms with Crippen molar-refractivity contribution in [3.05, 3.63) is 71.1 Å². The lowest BCUT2D eigenvalue weighted by molar-refractivity contribution is 0.0962. The molecule has 0 bridgehead atoms. The number of benzene rings is 2. The number of aromatic hydroxyl groups is 1. The predicted molar refractivity (Wildman–Crippen MR) is 106 cm³/mol. The van der Waals surface area contributed by atoms with E-state index in [0.29, 0.717) is 27.4 Å². The second-order valence-corrected chi connectivity index (χ2v) is 6.51. The zero-order valence-electron chi connectivity index (χ0n) is 14.7. The number of aryl methyl sites for hydroxylation is 1. The van der Waals surface area contributed by atoms with Gasteiger partial charge in [0.1, 0.15) is 12.1 Å². The normalized spacial score (nSPS) is 10.8. The molecule has 1 amide bonds. The number of nitrogens with zero attached hydrogens (tertiary/aromatic N) is 4. The molecule has 8 nitrogen and oxygen atoms in total. The zero-order chi connectivity index (χ0) is 19.7. The molecule has 3 N–H and O–H groups in total. The number of rotatable bonds is 4. The number of phenolic OH excluding ortho intramolecular Hbond substituents is 1. The number of carbonyl (C=O) groups is 1. The van der Waals surface area contributed by atoms with Crippen LogP contribution in [0.5, 0.6) is 5.75 Å². The van der Waals surface area contributed by atoms with E-state index in [2.05, 4.69) is 25.9 Å². The van der Waals surface area contributed by atoms with E-state index in [0.717, 1.165) is 11.3 Å². The molecular weight excluding hydrogens is 380 g/mol. The molecule has 0 atom stereocenters. The van der Waals surface area contributed by atoms with E-state index in [4.69, 9.17) is 11.6 Å². The van der Waals surface area contributed by atoms with Crippen molar-refractivity contribution in [1.29, 1.82) is 0 Å². The van der Waals surface area contributed by atoms with E-state index < -0.39 is 5.91 Å². The van der Waals surface area contributed by atoms with Crippen molar-refractivity contribution in [3.8, 4) is 11.4 Å². The SMILES string of the molecule is Cc1ccc(Cl)cc1-n1ncc2c(NNC(=O)c3cccc(O)c3)ncnc21. The van der Waals surface area contributed by atoms with Gasteiger partial charge in [-0.1, -0.05) is 23.7 Å². The first-order valence-electron chi connectivity index (χ1n) is 8.33. The van der Waals surface area contributed by atoms with Crippen LogP contribution in [-0.2, 0) is 0 Å². The van der Waals surface area contributed by atoms with Crippen LogP contribution in [0.15, 0.2) is 55.0 Å².